The van der Waals surface area contributed by atoms with E-state index in [2.05, 4.69) is 22.2 Å². The predicted octanol–water partition coefficient (Wildman–Crippen LogP) is 2.92. The third-order valence-corrected chi connectivity index (χ3v) is 7.14. The lowest BCUT2D eigenvalue weighted by Gasteiger charge is -2.36. The van der Waals surface area contributed by atoms with Crippen LogP contribution in [0.25, 0.3) is 0 Å². The Hall–Kier alpha value is -1.40. The molecule has 1 amide bonds. The van der Waals surface area contributed by atoms with E-state index in [1.165, 1.54) is 45.2 Å². The van der Waals surface area contributed by atoms with Crippen LogP contribution in [-0.2, 0) is 0 Å². The minimum Gasteiger partial charge on any atom is -0.337 e. The van der Waals surface area contributed by atoms with Gasteiger partial charge in [0.2, 0.25) is 0 Å². The van der Waals surface area contributed by atoms with E-state index in [0.717, 1.165) is 57.4 Å². The van der Waals surface area contributed by atoms with Crippen molar-refractivity contribution in [3.05, 3.63) is 18.0 Å². The van der Waals surface area contributed by atoms with Gasteiger partial charge in [-0.1, -0.05) is 6.42 Å². The lowest BCUT2D eigenvalue weighted by atomic mass is 9.92. The van der Waals surface area contributed by atoms with Crippen LogP contribution in [-0.4, -0.2) is 70.8 Å². The Morgan fingerprint density at radius 1 is 1.14 bits per heavy atom. The fraction of sp³-hybridized carbons (Fsp3) is 0.818. The second-order valence-electron chi connectivity index (χ2n) is 9.09. The first-order chi connectivity index (χ1) is 13.7. The van der Waals surface area contributed by atoms with Crippen LogP contribution in [0.3, 0.4) is 0 Å². The second kappa shape index (κ2) is 9.40. The Bertz CT molecular complexity index is 631. The van der Waals surface area contributed by atoms with Gasteiger partial charge in [-0.2, -0.15) is 5.10 Å². The number of rotatable bonds is 5. The third-order valence-electron chi connectivity index (χ3n) is 7.14. The molecule has 6 heteroatoms. The third kappa shape index (κ3) is 4.77. The fourth-order valence-electron chi connectivity index (χ4n) is 5.14. The highest BCUT2D eigenvalue weighted by molar-refractivity contribution is 5.92. The summed E-state index contributed by atoms with van der Waals surface area (Å²) in [6, 6.07) is 3.05. The van der Waals surface area contributed by atoms with Crippen molar-refractivity contribution in [3.63, 3.8) is 0 Å². The topological polar surface area (TPSA) is 53.4 Å². The summed E-state index contributed by atoms with van der Waals surface area (Å²) in [4.78, 5) is 17.6. The first kappa shape index (κ1) is 19.9. The van der Waals surface area contributed by atoms with Crippen molar-refractivity contribution in [1.82, 2.24) is 24.9 Å². The molecule has 3 saturated heterocycles. The Morgan fingerprint density at radius 2 is 2.00 bits per heavy atom. The number of nitrogens with zero attached hydrogens (tertiary/aromatic N) is 4. The molecule has 2 unspecified atom stereocenters. The van der Waals surface area contributed by atoms with Gasteiger partial charge in [0.1, 0.15) is 5.69 Å². The number of nitrogens with one attached hydrogen (secondary N) is 1. The molecular weight excluding hydrogens is 350 g/mol. The van der Waals surface area contributed by atoms with Crippen LogP contribution in [0.15, 0.2) is 12.3 Å². The monoisotopic (exact) mass is 387 g/mol. The average Bonchev–Trinajstić information content (AvgIpc) is 3.24. The van der Waals surface area contributed by atoms with Crippen LogP contribution in [0.5, 0.6) is 0 Å². The summed E-state index contributed by atoms with van der Waals surface area (Å²) in [6.45, 7) is 8.71. The zero-order valence-corrected chi connectivity index (χ0v) is 17.5. The summed E-state index contributed by atoms with van der Waals surface area (Å²) in [6.07, 6.45) is 12.0. The van der Waals surface area contributed by atoms with Crippen LogP contribution in [0, 0.1) is 5.92 Å². The van der Waals surface area contributed by atoms with E-state index in [-0.39, 0.29) is 5.91 Å². The molecule has 156 valence electrons. The number of likely N-dealkylation sites (tertiary alicyclic amines) is 2. The minimum atomic E-state index is 0.116. The maximum atomic E-state index is 12.9. The van der Waals surface area contributed by atoms with E-state index < -0.39 is 0 Å². The second-order valence-corrected chi connectivity index (χ2v) is 9.09. The highest BCUT2D eigenvalue weighted by Gasteiger charge is 2.27. The van der Waals surface area contributed by atoms with E-state index in [1.807, 2.05) is 21.8 Å². The number of amides is 1. The highest BCUT2D eigenvalue weighted by atomic mass is 16.2. The van der Waals surface area contributed by atoms with E-state index >= 15 is 0 Å². The van der Waals surface area contributed by atoms with Crippen molar-refractivity contribution in [3.8, 4) is 0 Å². The number of aromatic nitrogens is 2. The van der Waals surface area contributed by atoms with Crippen molar-refractivity contribution < 1.29 is 4.79 Å². The number of hydrogen-bond acceptors (Lipinski definition) is 4. The summed E-state index contributed by atoms with van der Waals surface area (Å²) < 4.78 is 1.99. The molecule has 1 aromatic heterocycles. The molecule has 0 radical (unpaired) electrons. The van der Waals surface area contributed by atoms with Crippen molar-refractivity contribution in [2.24, 2.45) is 5.92 Å². The van der Waals surface area contributed by atoms with Crippen LogP contribution < -0.4 is 5.32 Å². The molecule has 0 bridgehead atoms. The smallest absolute Gasteiger partial charge is 0.274 e. The standard InChI is InChI=1S/C22H37N5O/c1-18-5-2-3-12-25(18)13-7-19-8-14-26(15-9-19)22(28)21-10-16-27(24-21)20-6-4-11-23-17-20/h10,16,18-20,23H,2-9,11-15,17H2,1H3. The Kier molecular flexibility index (Phi) is 6.68. The lowest BCUT2D eigenvalue weighted by molar-refractivity contribution is 0.0665. The first-order valence-corrected chi connectivity index (χ1v) is 11.5. The highest BCUT2D eigenvalue weighted by Crippen LogP contribution is 2.24. The van der Waals surface area contributed by atoms with E-state index in [9.17, 15) is 4.79 Å². The molecule has 0 spiro atoms. The lowest BCUT2D eigenvalue weighted by Crippen LogP contribution is -2.41. The van der Waals surface area contributed by atoms with E-state index in [4.69, 9.17) is 0 Å². The van der Waals surface area contributed by atoms with Crippen molar-refractivity contribution in [1.29, 1.82) is 0 Å². The normalized spacial score (nSPS) is 27.8. The molecule has 2 atom stereocenters. The zero-order chi connectivity index (χ0) is 19.3. The van der Waals surface area contributed by atoms with Gasteiger partial charge in [0, 0.05) is 31.9 Å². The van der Waals surface area contributed by atoms with Gasteiger partial charge in [-0.25, -0.2) is 0 Å². The van der Waals surface area contributed by atoms with Crippen molar-refractivity contribution in [2.75, 3.05) is 39.3 Å². The summed E-state index contributed by atoms with van der Waals surface area (Å²) >= 11 is 0. The SMILES string of the molecule is CC1CCCCN1CCC1CCN(C(=O)c2ccn(C3CCCNC3)n2)CC1. The zero-order valence-electron chi connectivity index (χ0n) is 17.5. The summed E-state index contributed by atoms with van der Waals surface area (Å²) in [5, 5.41) is 8.03. The van der Waals surface area contributed by atoms with Crippen LogP contribution in [0.2, 0.25) is 0 Å². The first-order valence-electron chi connectivity index (χ1n) is 11.5. The molecule has 4 rings (SSSR count). The minimum absolute atomic E-state index is 0.116. The number of carbonyl (C=O) groups excluding carboxylic acids is 1. The van der Waals surface area contributed by atoms with Crippen LogP contribution in [0.4, 0.5) is 0 Å². The van der Waals surface area contributed by atoms with Gasteiger partial charge in [0.25, 0.3) is 5.91 Å². The van der Waals surface area contributed by atoms with Gasteiger partial charge in [0.05, 0.1) is 6.04 Å². The quantitative estimate of drug-likeness (QED) is 0.844. The molecule has 3 aliphatic rings. The van der Waals surface area contributed by atoms with Gasteiger partial charge >= 0.3 is 0 Å². The molecule has 0 aliphatic carbocycles. The average molecular weight is 388 g/mol. The number of hydrogen-bond donors (Lipinski definition) is 1. The fourth-order valence-corrected chi connectivity index (χ4v) is 5.14. The Morgan fingerprint density at radius 3 is 2.75 bits per heavy atom. The van der Waals surface area contributed by atoms with Gasteiger partial charge < -0.3 is 15.1 Å². The summed E-state index contributed by atoms with van der Waals surface area (Å²) in [5.41, 5.74) is 0.617. The van der Waals surface area contributed by atoms with Crippen LogP contribution >= 0.6 is 0 Å². The van der Waals surface area contributed by atoms with Gasteiger partial charge in [-0.15, -0.1) is 0 Å². The largest absolute Gasteiger partial charge is 0.337 e. The molecule has 0 aromatic carbocycles. The molecule has 6 nitrogen and oxygen atoms in total. The summed E-state index contributed by atoms with van der Waals surface area (Å²) in [5.74, 6) is 0.884. The van der Waals surface area contributed by atoms with Gasteiger partial charge in [-0.3, -0.25) is 9.48 Å². The molecule has 1 N–H and O–H groups in total. The molecule has 1 aromatic rings. The Balaban J connectivity index is 1.23. The maximum Gasteiger partial charge on any atom is 0.274 e. The number of carbonyl (C=O) groups is 1. The molecule has 28 heavy (non-hydrogen) atoms. The predicted molar refractivity (Wildman–Crippen MR) is 111 cm³/mol. The molecular formula is C22H37N5O. The van der Waals surface area contributed by atoms with Gasteiger partial charge in [-0.05, 0) is 83.5 Å². The van der Waals surface area contributed by atoms with Crippen molar-refractivity contribution >= 4 is 5.91 Å². The molecule has 4 heterocycles. The van der Waals surface area contributed by atoms with Crippen LogP contribution in [0.1, 0.15) is 74.8 Å². The molecule has 0 saturated carbocycles. The Labute approximate surface area is 169 Å². The van der Waals surface area contributed by atoms with Crippen molar-refractivity contribution in [2.45, 2.75) is 70.4 Å². The number of piperidine rings is 3. The van der Waals surface area contributed by atoms with E-state index in [1.54, 1.807) is 0 Å². The maximum absolute atomic E-state index is 12.9. The summed E-state index contributed by atoms with van der Waals surface area (Å²) in [7, 11) is 0. The molecule has 3 fully saturated rings. The van der Waals surface area contributed by atoms with Gasteiger partial charge in [0.15, 0.2) is 0 Å². The van der Waals surface area contributed by atoms with E-state index in [0.29, 0.717) is 11.7 Å². The molecule has 3 aliphatic heterocycles.